The fraction of sp³-hybridized carbons (Fsp3) is 0.360. The van der Waals surface area contributed by atoms with Gasteiger partial charge in [0.15, 0.2) is 11.5 Å². The number of para-hydroxylation sites is 1. The van der Waals surface area contributed by atoms with Crippen LogP contribution < -0.4 is 9.47 Å². The SMILES string of the molecule is CCOC(=O)c1c(CN(C)CCc2ccc(OC)c(OC)c2)nc2ccccc2c1C. The Morgan fingerprint density at radius 1 is 1.06 bits per heavy atom. The van der Waals surface area contributed by atoms with Crippen LogP contribution in [0.1, 0.15) is 34.1 Å². The average Bonchev–Trinajstić information content (AvgIpc) is 2.77. The van der Waals surface area contributed by atoms with E-state index in [0.29, 0.717) is 18.7 Å². The van der Waals surface area contributed by atoms with Gasteiger partial charge in [-0.15, -0.1) is 0 Å². The minimum Gasteiger partial charge on any atom is -0.493 e. The second-order valence-corrected chi connectivity index (χ2v) is 7.47. The van der Waals surface area contributed by atoms with Gasteiger partial charge < -0.3 is 19.1 Å². The van der Waals surface area contributed by atoms with E-state index in [2.05, 4.69) is 4.90 Å². The lowest BCUT2D eigenvalue weighted by molar-refractivity contribution is 0.0523. The Kier molecular flexibility index (Phi) is 7.47. The fourth-order valence-electron chi connectivity index (χ4n) is 3.72. The van der Waals surface area contributed by atoms with E-state index in [1.807, 2.05) is 63.4 Å². The molecule has 0 saturated heterocycles. The molecule has 2 aromatic carbocycles. The molecule has 0 aliphatic heterocycles. The highest BCUT2D eigenvalue weighted by atomic mass is 16.5. The zero-order valence-electron chi connectivity index (χ0n) is 18.9. The molecule has 0 spiro atoms. The fourth-order valence-corrected chi connectivity index (χ4v) is 3.72. The zero-order chi connectivity index (χ0) is 22.4. The molecule has 0 radical (unpaired) electrons. The highest BCUT2D eigenvalue weighted by Gasteiger charge is 2.20. The summed E-state index contributed by atoms with van der Waals surface area (Å²) in [7, 11) is 5.30. The summed E-state index contributed by atoms with van der Waals surface area (Å²) in [5.74, 6) is 1.12. The molecule has 164 valence electrons. The van der Waals surface area contributed by atoms with Crippen LogP contribution in [0, 0.1) is 6.92 Å². The number of nitrogens with zero attached hydrogens (tertiary/aromatic N) is 2. The molecular weight excluding hydrogens is 392 g/mol. The molecule has 0 N–H and O–H groups in total. The number of aryl methyl sites for hydroxylation is 1. The van der Waals surface area contributed by atoms with E-state index in [-0.39, 0.29) is 5.97 Å². The number of fused-ring (bicyclic) bond motifs is 1. The summed E-state index contributed by atoms with van der Waals surface area (Å²) in [6.45, 7) is 5.46. The number of likely N-dealkylation sites (N-methyl/N-ethyl adjacent to an activating group) is 1. The van der Waals surface area contributed by atoms with Crippen molar-refractivity contribution in [3.8, 4) is 11.5 Å². The van der Waals surface area contributed by atoms with Crippen LogP contribution in [0.25, 0.3) is 10.9 Å². The Labute approximate surface area is 183 Å². The molecule has 0 saturated carbocycles. The predicted molar refractivity (Wildman–Crippen MR) is 122 cm³/mol. The third-order valence-corrected chi connectivity index (χ3v) is 5.36. The van der Waals surface area contributed by atoms with Crippen molar-refractivity contribution in [2.24, 2.45) is 0 Å². The monoisotopic (exact) mass is 422 g/mol. The average molecular weight is 423 g/mol. The Balaban J connectivity index is 1.81. The van der Waals surface area contributed by atoms with Gasteiger partial charge in [0, 0.05) is 18.5 Å². The van der Waals surface area contributed by atoms with Crippen LogP contribution in [0.3, 0.4) is 0 Å². The van der Waals surface area contributed by atoms with Crippen molar-refractivity contribution in [2.75, 3.05) is 34.4 Å². The molecular formula is C25H30N2O4. The van der Waals surface area contributed by atoms with Crippen molar-refractivity contribution < 1.29 is 19.0 Å². The lowest BCUT2D eigenvalue weighted by atomic mass is 10.0. The van der Waals surface area contributed by atoms with Gasteiger partial charge in [0.2, 0.25) is 0 Å². The van der Waals surface area contributed by atoms with Crippen LogP contribution in [0.4, 0.5) is 0 Å². The second-order valence-electron chi connectivity index (χ2n) is 7.47. The topological polar surface area (TPSA) is 60.9 Å². The Morgan fingerprint density at radius 2 is 1.81 bits per heavy atom. The number of aromatic nitrogens is 1. The maximum atomic E-state index is 12.7. The lowest BCUT2D eigenvalue weighted by Gasteiger charge is -2.20. The molecule has 0 fully saturated rings. The Hall–Kier alpha value is -3.12. The smallest absolute Gasteiger partial charge is 0.340 e. The van der Waals surface area contributed by atoms with Gasteiger partial charge in [0.1, 0.15) is 0 Å². The third kappa shape index (κ3) is 5.14. The molecule has 1 aromatic heterocycles. The molecule has 0 bridgehead atoms. The molecule has 3 rings (SSSR count). The number of hydrogen-bond acceptors (Lipinski definition) is 6. The quantitative estimate of drug-likeness (QED) is 0.476. The van der Waals surface area contributed by atoms with Crippen molar-refractivity contribution in [1.29, 1.82) is 0 Å². The number of methoxy groups -OCH3 is 2. The number of esters is 1. The number of pyridine rings is 1. The van der Waals surface area contributed by atoms with Gasteiger partial charge in [0.05, 0.1) is 37.6 Å². The van der Waals surface area contributed by atoms with Gasteiger partial charge in [-0.2, -0.15) is 0 Å². The van der Waals surface area contributed by atoms with E-state index in [0.717, 1.165) is 52.2 Å². The number of ether oxygens (including phenoxy) is 3. The molecule has 0 atom stereocenters. The van der Waals surface area contributed by atoms with Crippen molar-refractivity contribution in [2.45, 2.75) is 26.8 Å². The van der Waals surface area contributed by atoms with E-state index < -0.39 is 0 Å². The predicted octanol–water partition coefficient (Wildman–Crippen LogP) is 4.41. The van der Waals surface area contributed by atoms with Gasteiger partial charge in [-0.3, -0.25) is 4.98 Å². The van der Waals surface area contributed by atoms with Gasteiger partial charge in [0.25, 0.3) is 0 Å². The molecule has 3 aromatic rings. The summed E-state index contributed by atoms with van der Waals surface area (Å²) in [5.41, 5.74) is 4.25. The summed E-state index contributed by atoms with van der Waals surface area (Å²) in [5, 5.41) is 0.974. The third-order valence-electron chi connectivity index (χ3n) is 5.36. The summed E-state index contributed by atoms with van der Waals surface area (Å²) >= 11 is 0. The standard InChI is InChI=1S/C25H30N2O4/c1-6-31-25(28)24-17(2)19-9-7-8-10-20(19)26-21(24)16-27(3)14-13-18-11-12-22(29-4)23(15-18)30-5/h7-12,15H,6,13-14,16H2,1-5H3. The number of rotatable bonds is 9. The molecule has 31 heavy (non-hydrogen) atoms. The lowest BCUT2D eigenvalue weighted by Crippen LogP contribution is -2.24. The van der Waals surface area contributed by atoms with Crippen LogP contribution >= 0.6 is 0 Å². The van der Waals surface area contributed by atoms with Crippen LogP contribution in [0.5, 0.6) is 11.5 Å². The molecule has 0 unspecified atom stereocenters. The summed E-state index contributed by atoms with van der Waals surface area (Å²) in [6, 6.07) is 13.8. The first-order valence-corrected chi connectivity index (χ1v) is 10.4. The van der Waals surface area contributed by atoms with Gasteiger partial charge >= 0.3 is 5.97 Å². The molecule has 0 amide bonds. The molecule has 6 heteroatoms. The van der Waals surface area contributed by atoms with Crippen LogP contribution in [0.2, 0.25) is 0 Å². The van der Waals surface area contributed by atoms with E-state index in [4.69, 9.17) is 19.2 Å². The van der Waals surface area contributed by atoms with E-state index in [1.165, 1.54) is 0 Å². The highest BCUT2D eigenvalue weighted by Crippen LogP contribution is 2.28. The van der Waals surface area contributed by atoms with Crippen LogP contribution in [-0.4, -0.2) is 50.3 Å². The van der Waals surface area contributed by atoms with Crippen LogP contribution in [-0.2, 0) is 17.7 Å². The van der Waals surface area contributed by atoms with Crippen molar-refractivity contribution in [3.63, 3.8) is 0 Å². The molecule has 6 nitrogen and oxygen atoms in total. The first kappa shape index (κ1) is 22.6. The second kappa shape index (κ2) is 10.3. The van der Waals surface area contributed by atoms with Crippen molar-refractivity contribution >= 4 is 16.9 Å². The van der Waals surface area contributed by atoms with Gasteiger partial charge in [-0.25, -0.2) is 4.79 Å². The molecule has 0 aliphatic carbocycles. The number of carbonyl (C=O) groups is 1. The maximum Gasteiger partial charge on any atom is 0.340 e. The highest BCUT2D eigenvalue weighted by molar-refractivity contribution is 5.98. The molecule has 1 heterocycles. The summed E-state index contributed by atoms with van der Waals surface area (Å²) in [4.78, 5) is 19.7. The first-order chi connectivity index (χ1) is 15.0. The first-order valence-electron chi connectivity index (χ1n) is 10.4. The summed E-state index contributed by atoms with van der Waals surface area (Å²) < 4.78 is 16.0. The van der Waals surface area contributed by atoms with E-state index >= 15 is 0 Å². The normalized spacial score (nSPS) is 11.0. The summed E-state index contributed by atoms with van der Waals surface area (Å²) in [6.07, 6.45) is 0.832. The zero-order valence-corrected chi connectivity index (χ0v) is 18.9. The molecule has 0 aliphatic rings. The largest absolute Gasteiger partial charge is 0.493 e. The van der Waals surface area contributed by atoms with Gasteiger partial charge in [-0.1, -0.05) is 24.3 Å². The number of hydrogen-bond donors (Lipinski definition) is 0. The number of benzene rings is 2. The van der Waals surface area contributed by atoms with E-state index in [1.54, 1.807) is 14.2 Å². The van der Waals surface area contributed by atoms with Crippen molar-refractivity contribution in [3.05, 3.63) is 64.8 Å². The number of carbonyl (C=O) groups excluding carboxylic acids is 1. The minimum absolute atomic E-state index is 0.318. The van der Waals surface area contributed by atoms with Crippen LogP contribution in [0.15, 0.2) is 42.5 Å². The Bertz CT molecular complexity index is 1060. The van der Waals surface area contributed by atoms with Crippen molar-refractivity contribution in [1.82, 2.24) is 9.88 Å². The minimum atomic E-state index is -0.318. The maximum absolute atomic E-state index is 12.7. The Morgan fingerprint density at radius 3 is 2.52 bits per heavy atom. The van der Waals surface area contributed by atoms with Gasteiger partial charge in [-0.05, 0) is 56.6 Å². The van der Waals surface area contributed by atoms with E-state index in [9.17, 15) is 4.79 Å².